The van der Waals surface area contributed by atoms with E-state index in [1.54, 1.807) is 0 Å². The number of para-hydroxylation sites is 2. The second-order valence-electron chi connectivity index (χ2n) is 6.26. The van der Waals surface area contributed by atoms with Crippen LogP contribution in [0.1, 0.15) is 37.7 Å². The lowest BCUT2D eigenvalue weighted by molar-refractivity contribution is 0.135. The minimum absolute atomic E-state index is 0.288. The Balaban J connectivity index is 1.74. The normalized spacial score (nSPS) is 10.0. The van der Waals surface area contributed by atoms with Crippen LogP contribution in [0.4, 0.5) is 16.2 Å². The van der Waals surface area contributed by atoms with E-state index in [1.807, 2.05) is 54.6 Å². The Morgan fingerprint density at radius 1 is 0.893 bits per heavy atom. The second kappa shape index (κ2) is 13.8. The van der Waals surface area contributed by atoms with Crippen LogP contribution < -0.4 is 10.6 Å². The van der Waals surface area contributed by atoms with Crippen LogP contribution in [-0.2, 0) is 4.74 Å². The summed E-state index contributed by atoms with van der Waals surface area (Å²) in [5.41, 5.74) is 2.23. The first-order valence-corrected chi connectivity index (χ1v) is 10.8. The lowest BCUT2D eigenvalue weighted by atomic mass is 10.2. The number of rotatable bonds is 10. The van der Waals surface area contributed by atoms with E-state index in [4.69, 9.17) is 4.74 Å². The van der Waals surface area contributed by atoms with Gasteiger partial charge in [-0.15, -0.1) is 0 Å². The molecule has 0 spiro atoms. The molecule has 0 atom stereocenters. The van der Waals surface area contributed by atoms with E-state index < -0.39 is 0 Å². The second-order valence-corrected chi connectivity index (χ2v) is 7.05. The fraction of sp³-hybridized carbons (Fsp3) is 0.348. The molecule has 2 amide bonds. The average Bonchev–Trinajstić information content (AvgIpc) is 2.71. The van der Waals surface area contributed by atoms with E-state index in [9.17, 15) is 4.79 Å². The molecule has 2 aromatic carbocycles. The number of halogens is 1. The molecule has 0 aromatic heterocycles. The summed E-state index contributed by atoms with van der Waals surface area (Å²) in [6.45, 7) is 1.43. The molecule has 2 aromatic rings. The van der Waals surface area contributed by atoms with Gasteiger partial charge in [-0.05, 0) is 37.1 Å². The molecule has 0 bridgehead atoms. The number of anilines is 2. The van der Waals surface area contributed by atoms with Crippen molar-refractivity contribution in [3.05, 3.63) is 60.2 Å². The number of hydrogen-bond acceptors (Lipinski definition) is 2. The minimum atomic E-state index is -0.288. The molecule has 28 heavy (non-hydrogen) atoms. The van der Waals surface area contributed by atoms with Crippen molar-refractivity contribution in [3.8, 4) is 11.8 Å². The third-order valence-corrected chi connectivity index (χ3v) is 4.53. The van der Waals surface area contributed by atoms with Gasteiger partial charge in [0.2, 0.25) is 0 Å². The molecule has 0 unspecified atom stereocenters. The number of carbonyl (C=O) groups excluding carboxylic acids is 1. The van der Waals surface area contributed by atoms with Crippen LogP contribution in [-0.4, -0.2) is 24.6 Å². The number of nitrogens with one attached hydrogen (secondary N) is 2. The molecule has 0 saturated carbocycles. The third-order valence-electron chi connectivity index (χ3n) is 3.97. The van der Waals surface area contributed by atoms with Gasteiger partial charge in [0.05, 0.1) is 12.3 Å². The van der Waals surface area contributed by atoms with Crippen LogP contribution in [0, 0.1) is 11.8 Å². The van der Waals surface area contributed by atoms with Crippen LogP contribution in [0.2, 0.25) is 0 Å². The number of alkyl halides is 1. The Morgan fingerprint density at radius 3 is 2.46 bits per heavy atom. The highest BCUT2D eigenvalue weighted by Gasteiger charge is 2.05. The van der Waals surface area contributed by atoms with E-state index >= 15 is 0 Å². The van der Waals surface area contributed by atoms with Crippen molar-refractivity contribution in [1.29, 1.82) is 0 Å². The maximum absolute atomic E-state index is 12.2. The molecule has 0 aliphatic rings. The third kappa shape index (κ3) is 9.07. The monoisotopic (exact) mass is 442 g/mol. The van der Waals surface area contributed by atoms with E-state index in [1.165, 1.54) is 19.3 Å². The molecule has 2 rings (SSSR count). The van der Waals surface area contributed by atoms with Gasteiger partial charge in [-0.2, -0.15) is 0 Å². The SMILES string of the molecule is O=C(Nc1ccccc1)Nc1ccccc1C#CCCOCCCCCCBr. The summed E-state index contributed by atoms with van der Waals surface area (Å²) < 4.78 is 5.62. The van der Waals surface area contributed by atoms with Gasteiger partial charge in [0, 0.05) is 29.6 Å². The Labute approximate surface area is 176 Å². The lowest BCUT2D eigenvalue weighted by Gasteiger charge is -2.09. The van der Waals surface area contributed by atoms with E-state index in [-0.39, 0.29) is 6.03 Å². The molecule has 0 heterocycles. The van der Waals surface area contributed by atoms with E-state index in [0.29, 0.717) is 18.7 Å². The predicted octanol–water partition coefficient (Wildman–Crippen LogP) is 6.04. The van der Waals surface area contributed by atoms with Crippen molar-refractivity contribution in [1.82, 2.24) is 0 Å². The van der Waals surface area contributed by atoms with Crippen LogP contribution in [0.3, 0.4) is 0 Å². The van der Waals surface area contributed by atoms with Crippen LogP contribution >= 0.6 is 15.9 Å². The zero-order valence-corrected chi connectivity index (χ0v) is 17.6. The van der Waals surface area contributed by atoms with Gasteiger partial charge in [-0.25, -0.2) is 4.79 Å². The molecule has 0 aliphatic heterocycles. The molecule has 148 valence electrons. The Bertz CT molecular complexity index is 769. The molecule has 0 aliphatic carbocycles. The quantitative estimate of drug-likeness (QED) is 0.267. The number of unbranched alkanes of at least 4 members (excludes halogenated alkanes) is 3. The van der Waals surface area contributed by atoms with Crippen molar-refractivity contribution in [3.63, 3.8) is 0 Å². The summed E-state index contributed by atoms with van der Waals surface area (Å²) in [4.78, 5) is 12.2. The minimum Gasteiger partial charge on any atom is -0.380 e. The van der Waals surface area contributed by atoms with E-state index in [2.05, 4.69) is 38.4 Å². The fourth-order valence-electron chi connectivity index (χ4n) is 2.54. The number of amides is 2. The highest BCUT2D eigenvalue weighted by atomic mass is 79.9. The number of hydrogen-bond donors (Lipinski definition) is 2. The van der Waals surface area contributed by atoms with Gasteiger partial charge >= 0.3 is 6.03 Å². The maximum atomic E-state index is 12.2. The first-order chi connectivity index (χ1) is 13.8. The largest absolute Gasteiger partial charge is 0.380 e. The number of benzene rings is 2. The Hall–Kier alpha value is -2.29. The van der Waals surface area contributed by atoms with Crippen molar-refractivity contribution >= 4 is 33.3 Å². The zero-order chi connectivity index (χ0) is 19.9. The summed E-state index contributed by atoms with van der Waals surface area (Å²) in [5, 5.41) is 6.74. The topological polar surface area (TPSA) is 50.4 Å². The van der Waals surface area contributed by atoms with Gasteiger partial charge < -0.3 is 15.4 Å². The standard InChI is InChI=1S/C23H27BrN2O2/c24-17-9-1-2-10-18-28-19-11-8-13-20-12-6-7-16-22(20)26-23(27)25-21-14-4-3-5-15-21/h3-7,12,14-16H,1-2,9-11,17-19H2,(H2,25,26,27). The molecule has 0 fully saturated rings. The molecule has 0 radical (unpaired) electrons. The van der Waals surface area contributed by atoms with Crippen molar-refractivity contribution in [2.45, 2.75) is 32.1 Å². The molecule has 0 saturated heterocycles. The summed E-state index contributed by atoms with van der Waals surface area (Å²) in [7, 11) is 0. The molecule has 4 nitrogen and oxygen atoms in total. The number of ether oxygens (including phenoxy) is 1. The molecular weight excluding hydrogens is 416 g/mol. The van der Waals surface area contributed by atoms with Gasteiger partial charge in [0.1, 0.15) is 0 Å². The lowest BCUT2D eigenvalue weighted by Crippen LogP contribution is -2.19. The van der Waals surface area contributed by atoms with Gasteiger partial charge in [0.15, 0.2) is 0 Å². The van der Waals surface area contributed by atoms with Crippen LogP contribution in [0.25, 0.3) is 0 Å². The van der Waals surface area contributed by atoms with Crippen LogP contribution in [0.15, 0.2) is 54.6 Å². The van der Waals surface area contributed by atoms with E-state index in [0.717, 1.165) is 29.6 Å². The molecular formula is C23H27BrN2O2. The first kappa shape index (κ1) is 22.0. The Morgan fingerprint density at radius 2 is 1.64 bits per heavy atom. The number of carbonyl (C=O) groups is 1. The zero-order valence-electron chi connectivity index (χ0n) is 16.0. The summed E-state index contributed by atoms with van der Waals surface area (Å²) in [5.74, 6) is 6.25. The highest BCUT2D eigenvalue weighted by molar-refractivity contribution is 9.09. The van der Waals surface area contributed by atoms with Crippen molar-refractivity contribution < 1.29 is 9.53 Å². The first-order valence-electron chi connectivity index (χ1n) is 9.64. The van der Waals surface area contributed by atoms with Gasteiger partial charge in [0.25, 0.3) is 0 Å². The smallest absolute Gasteiger partial charge is 0.323 e. The highest BCUT2D eigenvalue weighted by Crippen LogP contribution is 2.14. The predicted molar refractivity (Wildman–Crippen MR) is 120 cm³/mol. The van der Waals surface area contributed by atoms with Gasteiger partial charge in [-0.1, -0.05) is 70.9 Å². The van der Waals surface area contributed by atoms with Crippen molar-refractivity contribution in [2.24, 2.45) is 0 Å². The Kier molecular flexibility index (Phi) is 10.9. The number of urea groups is 1. The molecule has 5 heteroatoms. The van der Waals surface area contributed by atoms with Crippen molar-refractivity contribution in [2.75, 3.05) is 29.2 Å². The summed E-state index contributed by atoms with van der Waals surface area (Å²) in [6, 6.07) is 16.6. The average molecular weight is 443 g/mol. The summed E-state index contributed by atoms with van der Waals surface area (Å²) in [6.07, 6.45) is 5.45. The van der Waals surface area contributed by atoms with Gasteiger partial charge in [-0.3, -0.25) is 0 Å². The summed E-state index contributed by atoms with van der Waals surface area (Å²) >= 11 is 3.44. The van der Waals surface area contributed by atoms with Crippen LogP contribution in [0.5, 0.6) is 0 Å². The fourth-order valence-corrected chi connectivity index (χ4v) is 2.94. The maximum Gasteiger partial charge on any atom is 0.323 e. The molecule has 2 N–H and O–H groups in total.